The van der Waals surface area contributed by atoms with Gasteiger partial charge in [-0.1, -0.05) is 0 Å². The van der Waals surface area contributed by atoms with E-state index in [0.717, 1.165) is 11.9 Å². The van der Waals surface area contributed by atoms with Crippen molar-refractivity contribution in [2.24, 2.45) is 5.10 Å². The third-order valence-electron chi connectivity index (χ3n) is 2.75. The van der Waals surface area contributed by atoms with E-state index in [0.29, 0.717) is 12.5 Å². The molecule has 19 heavy (non-hydrogen) atoms. The van der Waals surface area contributed by atoms with E-state index < -0.39 is 0 Å². The minimum absolute atomic E-state index is 0.281. The van der Waals surface area contributed by atoms with Crippen LogP contribution in [0.3, 0.4) is 0 Å². The molecule has 1 aromatic heterocycles. The van der Waals surface area contributed by atoms with Gasteiger partial charge >= 0.3 is 0 Å². The highest BCUT2D eigenvalue weighted by atomic mass is 19.1. The molecule has 6 heteroatoms. The van der Waals surface area contributed by atoms with Crippen LogP contribution in [0.5, 0.6) is 0 Å². The van der Waals surface area contributed by atoms with Gasteiger partial charge in [0.25, 0.3) is 0 Å². The lowest BCUT2D eigenvalue weighted by Gasteiger charge is -2.18. The van der Waals surface area contributed by atoms with Crippen molar-refractivity contribution in [1.29, 1.82) is 0 Å². The molecule has 96 valence electrons. The van der Waals surface area contributed by atoms with E-state index in [4.69, 9.17) is 0 Å². The van der Waals surface area contributed by atoms with Crippen molar-refractivity contribution < 1.29 is 8.78 Å². The predicted octanol–water partition coefficient (Wildman–Crippen LogP) is 2.59. The molecule has 4 nitrogen and oxygen atoms in total. The second kappa shape index (κ2) is 4.64. The standard InChI is InChI=1S/C13H10F2N4/c14-10-1-4-12(5-2-10)18-8-17-19(9-18)13-6-3-11(15)7-16-13/h1-8H,9H2. The van der Waals surface area contributed by atoms with Crippen LogP contribution in [0.25, 0.3) is 0 Å². The number of anilines is 2. The van der Waals surface area contributed by atoms with Crippen LogP contribution in [-0.2, 0) is 0 Å². The van der Waals surface area contributed by atoms with Crippen molar-refractivity contribution in [3.8, 4) is 0 Å². The highest BCUT2D eigenvalue weighted by Crippen LogP contribution is 2.20. The molecule has 0 radical (unpaired) electrons. The first-order chi connectivity index (χ1) is 9.22. The van der Waals surface area contributed by atoms with Crippen molar-refractivity contribution in [3.63, 3.8) is 0 Å². The Bertz CT molecular complexity index is 542. The summed E-state index contributed by atoms with van der Waals surface area (Å²) in [6.07, 6.45) is 2.77. The lowest BCUT2D eigenvalue weighted by Crippen LogP contribution is -2.26. The zero-order chi connectivity index (χ0) is 13.2. The van der Waals surface area contributed by atoms with Crippen LogP contribution in [0, 0.1) is 11.6 Å². The van der Waals surface area contributed by atoms with Crippen LogP contribution in [0.4, 0.5) is 20.3 Å². The average Bonchev–Trinajstić information content (AvgIpc) is 2.90. The van der Waals surface area contributed by atoms with Crippen LogP contribution in [0.2, 0.25) is 0 Å². The number of rotatable bonds is 2. The largest absolute Gasteiger partial charge is 0.311 e. The maximum absolute atomic E-state index is 12.8. The van der Waals surface area contributed by atoms with E-state index >= 15 is 0 Å². The number of hydrazone groups is 1. The molecule has 0 bridgehead atoms. The molecule has 0 spiro atoms. The lowest BCUT2D eigenvalue weighted by atomic mass is 10.3. The minimum atomic E-state index is -0.387. The molecular weight excluding hydrogens is 250 g/mol. The highest BCUT2D eigenvalue weighted by Gasteiger charge is 2.17. The Labute approximate surface area is 108 Å². The number of pyridine rings is 1. The summed E-state index contributed by atoms with van der Waals surface area (Å²) in [4.78, 5) is 5.79. The molecular formula is C13H10F2N4. The molecule has 0 aliphatic carbocycles. The molecule has 2 aromatic rings. The number of hydrogen-bond acceptors (Lipinski definition) is 4. The smallest absolute Gasteiger partial charge is 0.150 e. The quantitative estimate of drug-likeness (QED) is 0.831. The monoisotopic (exact) mass is 260 g/mol. The van der Waals surface area contributed by atoms with Crippen LogP contribution in [0.15, 0.2) is 47.7 Å². The Balaban J connectivity index is 1.76. The first kappa shape index (κ1) is 11.6. The van der Waals surface area contributed by atoms with Crippen LogP contribution in [-0.4, -0.2) is 18.0 Å². The van der Waals surface area contributed by atoms with Gasteiger partial charge in [-0.15, -0.1) is 0 Å². The van der Waals surface area contributed by atoms with Gasteiger partial charge in [0.05, 0.1) is 6.20 Å². The molecule has 3 rings (SSSR count). The zero-order valence-electron chi connectivity index (χ0n) is 9.87. The Morgan fingerprint density at radius 1 is 0.947 bits per heavy atom. The Hall–Kier alpha value is -2.50. The van der Waals surface area contributed by atoms with E-state index in [2.05, 4.69) is 10.1 Å². The van der Waals surface area contributed by atoms with E-state index in [1.165, 1.54) is 18.2 Å². The van der Waals surface area contributed by atoms with Crippen LogP contribution < -0.4 is 9.91 Å². The summed E-state index contributed by atoms with van der Waals surface area (Å²) in [7, 11) is 0. The Kier molecular flexibility index (Phi) is 2.83. The SMILES string of the molecule is Fc1ccc(N2C=NN(c3ccc(F)cn3)C2)cc1. The fourth-order valence-corrected chi connectivity index (χ4v) is 1.78. The van der Waals surface area contributed by atoms with E-state index in [-0.39, 0.29) is 11.6 Å². The van der Waals surface area contributed by atoms with Crippen molar-refractivity contribution >= 4 is 17.8 Å². The van der Waals surface area contributed by atoms with Gasteiger partial charge in [0.2, 0.25) is 0 Å². The van der Waals surface area contributed by atoms with Gasteiger partial charge in [-0.3, -0.25) is 0 Å². The second-order valence-electron chi connectivity index (χ2n) is 4.05. The summed E-state index contributed by atoms with van der Waals surface area (Å²) in [5.41, 5.74) is 0.828. The summed E-state index contributed by atoms with van der Waals surface area (Å²) in [5, 5.41) is 5.80. The van der Waals surface area contributed by atoms with Crippen molar-refractivity contribution in [2.75, 3.05) is 16.6 Å². The summed E-state index contributed by atoms with van der Waals surface area (Å²) >= 11 is 0. The van der Waals surface area contributed by atoms with Crippen molar-refractivity contribution in [3.05, 3.63) is 54.2 Å². The molecule has 0 saturated heterocycles. The maximum atomic E-state index is 12.8. The first-order valence-corrected chi connectivity index (χ1v) is 5.68. The predicted molar refractivity (Wildman–Crippen MR) is 68.9 cm³/mol. The van der Waals surface area contributed by atoms with Gasteiger partial charge in [0.1, 0.15) is 24.6 Å². The Morgan fingerprint density at radius 3 is 2.37 bits per heavy atom. The summed E-state index contributed by atoms with van der Waals surface area (Å²) in [6, 6.07) is 9.01. The number of nitrogens with zero attached hydrogens (tertiary/aromatic N) is 4. The van der Waals surface area contributed by atoms with Crippen LogP contribution >= 0.6 is 0 Å². The van der Waals surface area contributed by atoms with Gasteiger partial charge in [0, 0.05) is 5.69 Å². The summed E-state index contributed by atoms with van der Waals surface area (Å²) in [6.45, 7) is 0.449. The second-order valence-corrected chi connectivity index (χ2v) is 4.05. The zero-order valence-corrected chi connectivity index (χ0v) is 9.87. The fourth-order valence-electron chi connectivity index (χ4n) is 1.78. The topological polar surface area (TPSA) is 31.7 Å². The molecule has 0 N–H and O–H groups in total. The molecule has 1 aliphatic heterocycles. The van der Waals surface area contributed by atoms with Crippen LogP contribution in [0.1, 0.15) is 0 Å². The normalized spacial score (nSPS) is 14.2. The van der Waals surface area contributed by atoms with Gasteiger partial charge in [-0.2, -0.15) is 5.10 Å². The maximum Gasteiger partial charge on any atom is 0.150 e. The first-order valence-electron chi connectivity index (χ1n) is 5.68. The van der Waals surface area contributed by atoms with Gasteiger partial charge in [-0.05, 0) is 36.4 Å². The number of aromatic nitrogens is 1. The summed E-state index contributed by atoms with van der Waals surface area (Å²) in [5.74, 6) is -0.110. The molecule has 0 fully saturated rings. The fraction of sp³-hybridized carbons (Fsp3) is 0.0769. The molecule has 0 atom stereocenters. The van der Waals surface area contributed by atoms with E-state index in [9.17, 15) is 8.78 Å². The lowest BCUT2D eigenvalue weighted by molar-refractivity contribution is 0.620. The molecule has 0 unspecified atom stereocenters. The van der Waals surface area contributed by atoms with Crippen molar-refractivity contribution in [2.45, 2.75) is 0 Å². The van der Waals surface area contributed by atoms with Gasteiger partial charge in [-0.25, -0.2) is 18.8 Å². The van der Waals surface area contributed by atoms with Gasteiger partial charge in [0.15, 0.2) is 5.82 Å². The third-order valence-corrected chi connectivity index (χ3v) is 2.75. The van der Waals surface area contributed by atoms with Gasteiger partial charge < -0.3 is 4.90 Å². The average molecular weight is 260 g/mol. The molecule has 1 aromatic carbocycles. The molecule has 2 heterocycles. The van der Waals surface area contributed by atoms with Crippen molar-refractivity contribution in [1.82, 2.24) is 4.98 Å². The third kappa shape index (κ3) is 2.37. The highest BCUT2D eigenvalue weighted by molar-refractivity contribution is 5.82. The molecule has 0 amide bonds. The Morgan fingerprint density at radius 2 is 1.68 bits per heavy atom. The van der Waals surface area contributed by atoms with E-state index in [1.807, 2.05) is 4.90 Å². The number of benzene rings is 1. The number of hydrogen-bond donors (Lipinski definition) is 0. The minimum Gasteiger partial charge on any atom is -0.311 e. The number of halogens is 2. The van der Waals surface area contributed by atoms with E-state index in [1.54, 1.807) is 29.5 Å². The summed E-state index contributed by atoms with van der Waals surface area (Å²) < 4.78 is 25.6. The molecule has 0 saturated carbocycles. The molecule has 1 aliphatic rings.